The van der Waals surface area contributed by atoms with E-state index in [-0.39, 0.29) is 86.2 Å². The molecule has 5 rings (SSSR count). The lowest BCUT2D eigenvalue weighted by molar-refractivity contribution is -0.142. The van der Waals surface area contributed by atoms with Crippen LogP contribution in [0.25, 0.3) is 0 Å². The SMILES string of the molecule is CO[C@H]1/C=C\C=C(/C)C(=O)NC2=CC(=O)C(NCCOC(=O)Cc3cccc4c3CN(C3CCC(=O)NC3=O)C4=O)=C(C[C@@H](C)C[C@H](OC)[C@@H](O)[C@@H](C)/C=C(\C)[C@@H]1OC(N)=O)C2=O. The number of esters is 1. The normalized spacial score (nSPS) is 28.5. The molecule has 63 heavy (non-hydrogen) atoms. The molecule has 18 nitrogen and oxygen atoms in total. The van der Waals surface area contributed by atoms with Crippen LogP contribution in [0.4, 0.5) is 4.79 Å². The van der Waals surface area contributed by atoms with Crippen molar-refractivity contribution in [2.75, 3.05) is 27.4 Å². The number of hydrogen-bond donors (Lipinski definition) is 5. The summed E-state index contributed by atoms with van der Waals surface area (Å²) >= 11 is 0. The number of primary amides is 1. The predicted molar refractivity (Wildman–Crippen MR) is 225 cm³/mol. The van der Waals surface area contributed by atoms with Gasteiger partial charge in [-0.3, -0.25) is 38.9 Å². The quantitative estimate of drug-likeness (QED) is 0.0740. The number of amides is 5. The fourth-order valence-electron chi connectivity index (χ4n) is 8.14. The fraction of sp³-hybridized carbons (Fsp3) is 0.467. The number of piperidine rings is 1. The lowest BCUT2D eigenvalue weighted by Crippen LogP contribution is -2.52. The molecular weight excluding hydrogens is 819 g/mol. The van der Waals surface area contributed by atoms with Gasteiger partial charge in [-0.2, -0.15) is 0 Å². The van der Waals surface area contributed by atoms with Crippen LogP contribution in [-0.4, -0.2) is 115 Å². The number of carbonyl (C=O) groups is 8. The average Bonchev–Trinajstić information content (AvgIpc) is 3.57. The van der Waals surface area contributed by atoms with Crippen LogP contribution in [0.3, 0.4) is 0 Å². The van der Waals surface area contributed by atoms with E-state index < -0.39 is 77.7 Å². The molecule has 1 fully saturated rings. The molecule has 7 atom stereocenters. The highest BCUT2D eigenvalue weighted by molar-refractivity contribution is 6.23. The smallest absolute Gasteiger partial charge is 0.405 e. The van der Waals surface area contributed by atoms with Crippen molar-refractivity contribution < 1.29 is 62.4 Å². The molecule has 18 heteroatoms. The summed E-state index contributed by atoms with van der Waals surface area (Å²) in [4.78, 5) is 105. The molecule has 0 aromatic heterocycles. The summed E-state index contributed by atoms with van der Waals surface area (Å²) in [5, 5.41) is 19.2. The van der Waals surface area contributed by atoms with E-state index in [0.29, 0.717) is 22.3 Å². The second-order valence-corrected chi connectivity index (χ2v) is 16.1. The second-order valence-electron chi connectivity index (χ2n) is 16.1. The number of hydrogen-bond acceptors (Lipinski definition) is 14. The van der Waals surface area contributed by atoms with Gasteiger partial charge in [-0.1, -0.05) is 50.3 Å². The molecule has 2 bridgehead atoms. The Morgan fingerprint density at radius 2 is 1.78 bits per heavy atom. The number of imide groups is 1. The molecule has 338 valence electrons. The first kappa shape index (κ1) is 47.8. The van der Waals surface area contributed by atoms with Crippen molar-refractivity contribution in [3.05, 3.63) is 93.4 Å². The van der Waals surface area contributed by atoms with Gasteiger partial charge in [0.05, 0.1) is 30.0 Å². The summed E-state index contributed by atoms with van der Waals surface area (Å²) in [6, 6.07) is 4.13. The van der Waals surface area contributed by atoms with Crippen LogP contribution in [0, 0.1) is 11.8 Å². The largest absolute Gasteiger partial charge is 0.464 e. The molecule has 5 amide bonds. The molecule has 0 spiro atoms. The number of benzene rings is 1. The summed E-state index contributed by atoms with van der Waals surface area (Å²) in [7, 11) is 2.85. The number of nitrogens with two attached hydrogens (primary N) is 1. The van der Waals surface area contributed by atoms with Gasteiger partial charge in [0, 0.05) is 62.4 Å². The van der Waals surface area contributed by atoms with E-state index in [1.807, 2.05) is 6.92 Å². The highest BCUT2D eigenvalue weighted by Gasteiger charge is 2.40. The number of aliphatic hydroxyl groups excluding tert-OH is 1. The minimum absolute atomic E-state index is 0.0328. The standard InChI is InChI=1S/C45H55N5O13/c1-23-17-29-38(47-15-16-62-37(53)20-27-10-8-11-28-30(27)22-50(44(28)58)32-13-14-36(52)49-43(32)57)33(51)21-31(40(29)55)48-42(56)24(2)9-7-12-34(60-5)41(63-45(46)59)26(4)19-25(3)39(54)35(18-23)61-6/h7-12,19,21,23,25,32,34-35,39,41,47,54H,13-18,20,22H2,1-6H3,(H2,46,59)(H,48,56)(H,49,52,57)/b12-7-,24-9+,26-19+/t23-,25+,32?,34+,35+,39+,41+/m1/s1. The minimum Gasteiger partial charge on any atom is -0.464 e. The first-order valence-corrected chi connectivity index (χ1v) is 20.7. The maximum absolute atomic E-state index is 14.1. The number of ether oxygens (including phenoxy) is 4. The number of carbonyl (C=O) groups excluding carboxylic acids is 8. The number of aliphatic hydroxyl groups is 1. The van der Waals surface area contributed by atoms with Crippen LogP contribution in [0.15, 0.2) is 76.7 Å². The number of rotatable bonds is 10. The van der Waals surface area contributed by atoms with Gasteiger partial charge in [0.2, 0.25) is 23.4 Å². The van der Waals surface area contributed by atoms with Gasteiger partial charge >= 0.3 is 12.1 Å². The Hall–Kier alpha value is -6.24. The fourth-order valence-corrected chi connectivity index (χ4v) is 8.14. The molecule has 3 aliphatic heterocycles. The van der Waals surface area contributed by atoms with Crippen LogP contribution >= 0.6 is 0 Å². The number of ketones is 2. The first-order valence-electron chi connectivity index (χ1n) is 20.7. The number of nitrogens with one attached hydrogen (secondary N) is 3. The van der Waals surface area contributed by atoms with Crippen molar-refractivity contribution in [3.8, 4) is 0 Å². The van der Waals surface area contributed by atoms with E-state index in [1.54, 1.807) is 44.2 Å². The summed E-state index contributed by atoms with van der Waals surface area (Å²) in [6.45, 7) is 6.61. The zero-order chi connectivity index (χ0) is 46.1. The van der Waals surface area contributed by atoms with Crippen LogP contribution in [0.1, 0.15) is 74.9 Å². The average molecular weight is 874 g/mol. The monoisotopic (exact) mass is 873 g/mol. The Balaban J connectivity index is 1.32. The highest BCUT2D eigenvalue weighted by Crippen LogP contribution is 2.31. The Kier molecular flexibility index (Phi) is 16.1. The summed E-state index contributed by atoms with van der Waals surface area (Å²) in [5.41, 5.74) is 7.36. The third-order valence-electron chi connectivity index (χ3n) is 11.5. The molecule has 1 unspecified atom stereocenters. The molecule has 0 radical (unpaired) electrons. The molecule has 1 aliphatic carbocycles. The van der Waals surface area contributed by atoms with E-state index in [2.05, 4.69) is 16.0 Å². The zero-order valence-electron chi connectivity index (χ0n) is 36.2. The second kappa shape index (κ2) is 21.2. The number of methoxy groups -OCH3 is 2. The van der Waals surface area contributed by atoms with Gasteiger partial charge in [0.1, 0.15) is 18.8 Å². The lowest BCUT2D eigenvalue weighted by Gasteiger charge is -2.30. The Morgan fingerprint density at radius 3 is 2.46 bits per heavy atom. The molecule has 6 N–H and O–H groups in total. The maximum Gasteiger partial charge on any atom is 0.405 e. The van der Waals surface area contributed by atoms with Gasteiger partial charge < -0.3 is 45.3 Å². The third kappa shape index (κ3) is 11.6. The van der Waals surface area contributed by atoms with E-state index in [4.69, 9.17) is 24.7 Å². The zero-order valence-corrected chi connectivity index (χ0v) is 36.2. The number of fused-ring (bicyclic) bond motifs is 3. The van der Waals surface area contributed by atoms with Crippen molar-refractivity contribution in [1.29, 1.82) is 0 Å². The molecule has 4 aliphatic rings. The third-order valence-corrected chi connectivity index (χ3v) is 11.5. The van der Waals surface area contributed by atoms with Gasteiger partial charge in [-0.05, 0) is 61.8 Å². The number of Topliss-reactive ketones (excluding diaryl/α,β-unsaturated/α-hetero) is 1. The summed E-state index contributed by atoms with van der Waals surface area (Å²) in [5.74, 6) is -4.70. The van der Waals surface area contributed by atoms with Gasteiger partial charge in [-0.15, -0.1) is 0 Å². The molecular formula is C45H55N5O13. The van der Waals surface area contributed by atoms with E-state index in [0.717, 1.165) is 6.08 Å². The van der Waals surface area contributed by atoms with Crippen molar-refractivity contribution in [3.63, 3.8) is 0 Å². The van der Waals surface area contributed by atoms with Crippen LogP contribution in [0.2, 0.25) is 0 Å². The van der Waals surface area contributed by atoms with E-state index in [1.165, 1.54) is 38.2 Å². The molecule has 0 saturated carbocycles. The topological polar surface area (TPSA) is 259 Å². The van der Waals surface area contributed by atoms with Crippen molar-refractivity contribution >= 4 is 47.3 Å². The van der Waals surface area contributed by atoms with E-state index in [9.17, 15) is 43.5 Å². The molecule has 1 aromatic carbocycles. The molecule has 1 saturated heterocycles. The van der Waals surface area contributed by atoms with Crippen LogP contribution < -0.4 is 21.7 Å². The van der Waals surface area contributed by atoms with Crippen molar-refractivity contribution in [2.45, 2.75) is 96.8 Å². The van der Waals surface area contributed by atoms with Gasteiger partial charge in [-0.25, -0.2) is 4.79 Å². The lowest BCUT2D eigenvalue weighted by atomic mass is 9.85. The summed E-state index contributed by atoms with van der Waals surface area (Å²) in [6.07, 6.45) is 2.98. The Labute approximate surface area is 364 Å². The van der Waals surface area contributed by atoms with Gasteiger partial charge in [0.25, 0.3) is 11.8 Å². The predicted octanol–water partition coefficient (Wildman–Crippen LogP) is 1.90. The number of allylic oxidation sites excluding steroid dienone is 4. The van der Waals surface area contributed by atoms with Crippen molar-refractivity contribution in [2.24, 2.45) is 17.6 Å². The number of nitrogens with zero attached hydrogens (tertiary/aromatic N) is 1. The Morgan fingerprint density at radius 1 is 1.03 bits per heavy atom. The summed E-state index contributed by atoms with van der Waals surface area (Å²) < 4.78 is 22.2. The van der Waals surface area contributed by atoms with Crippen molar-refractivity contribution in [1.82, 2.24) is 20.9 Å². The highest BCUT2D eigenvalue weighted by atomic mass is 16.6. The Bertz CT molecular complexity index is 2190. The first-order chi connectivity index (χ1) is 29.9. The molecule has 1 aromatic rings. The molecule has 3 heterocycles. The van der Waals surface area contributed by atoms with Crippen LogP contribution in [0.5, 0.6) is 0 Å². The maximum atomic E-state index is 14.1. The van der Waals surface area contributed by atoms with Gasteiger partial charge in [0.15, 0.2) is 6.10 Å². The minimum atomic E-state index is -1.06. The van der Waals surface area contributed by atoms with E-state index >= 15 is 0 Å². The van der Waals surface area contributed by atoms with Crippen LogP contribution in [-0.2, 0) is 60.7 Å².